The summed E-state index contributed by atoms with van der Waals surface area (Å²) < 4.78 is 0. The number of nitrogens with zero attached hydrogens (tertiary/aromatic N) is 1. The molecular formula is C15H16N2O2S. The van der Waals surface area contributed by atoms with E-state index in [1.807, 2.05) is 29.6 Å². The van der Waals surface area contributed by atoms with Crippen molar-refractivity contribution in [1.29, 1.82) is 0 Å². The third-order valence-electron chi connectivity index (χ3n) is 2.84. The quantitative estimate of drug-likeness (QED) is 0.797. The van der Waals surface area contributed by atoms with Crippen molar-refractivity contribution in [3.63, 3.8) is 0 Å². The van der Waals surface area contributed by atoms with Crippen LogP contribution in [0.25, 0.3) is 0 Å². The Hall–Kier alpha value is -2.01. The van der Waals surface area contributed by atoms with Crippen molar-refractivity contribution in [3.8, 4) is 0 Å². The second-order valence-corrected chi connectivity index (χ2v) is 5.33. The van der Waals surface area contributed by atoms with Crippen LogP contribution in [0.1, 0.15) is 34.5 Å². The average Bonchev–Trinajstić information content (AvgIpc) is 3.00. The molecule has 0 aliphatic carbocycles. The Bertz CT molecular complexity index is 553. The number of hydrogen-bond acceptors (Lipinski definition) is 4. The van der Waals surface area contributed by atoms with E-state index in [1.54, 1.807) is 12.4 Å². The first kappa shape index (κ1) is 14.4. The molecule has 0 aliphatic rings. The fraction of sp³-hybridized carbons (Fsp3) is 0.267. The van der Waals surface area contributed by atoms with Crippen molar-refractivity contribution in [1.82, 2.24) is 10.3 Å². The fourth-order valence-electron chi connectivity index (χ4n) is 1.76. The van der Waals surface area contributed by atoms with Crippen molar-refractivity contribution in [2.75, 3.05) is 0 Å². The van der Waals surface area contributed by atoms with Gasteiger partial charge in [-0.2, -0.15) is 0 Å². The van der Waals surface area contributed by atoms with E-state index in [1.165, 1.54) is 11.3 Å². The molecule has 0 bridgehead atoms. The number of aromatic nitrogens is 1. The molecule has 2 heterocycles. The zero-order valence-electron chi connectivity index (χ0n) is 11.0. The molecule has 0 saturated heterocycles. The molecule has 104 valence electrons. The Labute approximate surface area is 121 Å². The summed E-state index contributed by atoms with van der Waals surface area (Å²) in [5.74, 6) is 0.0859. The molecule has 0 aromatic carbocycles. The summed E-state index contributed by atoms with van der Waals surface area (Å²) in [5, 5.41) is 4.72. The molecule has 1 N–H and O–H groups in total. The number of ketones is 1. The van der Waals surface area contributed by atoms with Gasteiger partial charge in [-0.25, -0.2) is 0 Å². The Kier molecular flexibility index (Phi) is 5.43. The maximum Gasteiger partial charge on any atom is 0.220 e. The predicted molar refractivity (Wildman–Crippen MR) is 78.6 cm³/mol. The second-order valence-electron chi connectivity index (χ2n) is 4.39. The molecule has 0 radical (unpaired) electrons. The van der Waals surface area contributed by atoms with Gasteiger partial charge in [0, 0.05) is 31.8 Å². The highest BCUT2D eigenvalue weighted by Gasteiger charge is 2.08. The molecule has 1 amide bonds. The first-order chi connectivity index (χ1) is 9.75. The molecule has 0 spiro atoms. The average molecular weight is 288 g/mol. The van der Waals surface area contributed by atoms with Crippen molar-refractivity contribution >= 4 is 23.0 Å². The molecule has 0 saturated carbocycles. The summed E-state index contributed by atoms with van der Waals surface area (Å²) in [7, 11) is 0. The van der Waals surface area contributed by atoms with E-state index in [4.69, 9.17) is 0 Å². The maximum atomic E-state index is 11.7. The van der Waals surface area contributed by atoms with Gasteiger partial charge in [0.05, 0.1) is 4.88 Å². The van der Waals surface area contributed by atoms with E-state index in [0.717, 1.165) is 10.4 Å². The number of rotatable bonds is 7. The van der Waals surface area contributed by atoms with Gasteiger partial charge in [-0.05, 0) is 35.6 Å². The molecule has 0 fully saturated rings. The van der Waals surface area contributed by atoms with Gasteiger partial charge in [0.1, 0.15) is 0 Å². The van der Waals surface area contributed by atoms with Gasteiger partial charge in [0.25, 0.3) is 0 Å². The minimum absolute atomic E-state index is 0.0270. The molecule has 0 aliphatic heterocycles. The highest BCUT2D eigenvalue weighted by Crippen LogP contribution is 2.12. The molecule has 20 heavy (non-hydrogen) atoms. The largest absolute Gasteiger partial charge is 0.352 e. The first-order valence-corrected chi connectivity index (χ1v) is 7.36. The summed E-state index contributed by atoms with van der Waals surface area (Å²) in [6, 6.07) is 7.40. The highest BCUT2D eigenvalue weighted by molar-refractivity contribution is 7.12. The number of pyridine rings is 1. The number of thiophene rings is 1. The van der Waals surface area contributed by atoms with Crippen molar-refractivity contribution < 1.29 is 9.59 Å². The van der Waals surface area contributed by atoms with Crippen LogP contribution in [0.15, 0.2) is 42.0 Å². The Morgan fingerprint density at radius 3 is 2.65 bits per heavy atom. The molecule has 4 nitrogen and oxygen atoms in total. The molecule has 0 atom stereocenters. The lowest BCUT2D eigenvalue weighted by Crippen LogP contribution is -2.22. The molecule has 2 aromatic heterocycles. The van der Waals surface area contributed by atoms with Gasteiger partial charge >= 0.3 is 0 Å². The van der Waals surface area contributed by atoms with E-state index in [0.29, 0.717) is 25.8 Å². The maximum absolute atomic E-state index is 11.7. The van der Waals surface area contributed by atoms with Crippen molar-refractivity contribution in [3.05, 3.63) is 52.5 Å². The van der Waals surface area contributed by atoms with Crippen LogP contribution in [0.5, 0.6) is 0 Å². The summed E-state index contributed by atoms with van der Waals surface area (Å²) >= 11 is 1.44. The van der Waals surface area contributed by atoms with E-state index < -0.39 is 0 Å². The number of Topliss-reactive ketones (excluding diaryl/α,β-unsaturated/α-hetero) is 1. The third kappa shape index (κ3) is 4.59. The Morgan fingerprint density at radius 2 is 1.95 bits per heavy atom. The van der Waals surface area contributed by atoms with E-state index in [-0.39, 0.29) is 11.7 Å². The monoisotopic (exact) mass is 288 g/mol. The van der Waals surface area contributed by atoms with Crippen LogP contribution in [-0.4, -0.2) is 16.7 Å². The topological polar surface area (TPSA) is 59.1 Å². The van der Waals surface area contributed by atoms with Gasteiger partial charge < -0.3 is 5.32 Å². The van der Waals surface area contributed by atoms with Crippen LogP contribution >= 0.6 is 11.3 Å². The minimum atomic E-state index is -0.0270. The molecule has 0 unspecified atom stereocenters. The minimum Gasteiger partial charge on any atom is -0.352 e. The molecule has 2 rings (SSSR count). The standard InChI is InChI=1S/C15H16N2O2S/c18-13(14-4-2-10-20-14)3-1-5-15(19)17-11-12-6-8-16-9-7-12/h2,4,6-10H,1,3,5,11H2,(H,17,19). The fourth-order valence-corrected chi connectivity index (χ4v) is 2.45. The lowest BCUT2D eigenvalue weighted by Gasteiger charge is -2.04. The SMILES string of the molecule is O=C(CCCC(=O)c1cccs1)NCc1ccncc1. The first-order valence-electron chi connectivity index (χ1n) is 6.48. The van der Waals surface area contributed by atoms with Crippen LogP contribution in [0.4, 0.5) is 0 Å². The van der Waals surface area contributed by atoms with Gasteiger partial charge in [-0.15, -0.1) is 11.3 Å². The molecular weight excluding hydrogens is 272 g/mol. The van der Waals surface area contributed by atoms with Gasteiger partial charge in [-0.3, -0.25) is 14.6 Å². The zero-order valence-corrected chi connectivity index (χ0v) is 11.9. The van der Waals surface area contributed by atoms with E-state index in [2.05, 4.69) is 10.3 Å². The Balaban J connectivity index is 1.64. The van der Waals surface area contributed by atoms with Crippen LogP contribution in [0.3, 0.4) is 0 Å². The Morgan fingerprint density at radius 1 is 1.15 bits per heavy atom. The summed E-state index contributed by atoms with van der Waals surface area (Å²) in [5.41, 5.74) is 1.02. The van der Waals surface area contributed by atoms with E-state index in [9.17, 15) is 9.59 Å². The number of amides is 1. The lowest BCUT2D eigenvalue weighted by atomic mass is 10.1. The van der Waals surface area contributed by atoms with Crippen LogP contribution < -0.4 is 5.32 Å². The predicted octanol–water partition coefficient (Wildman–Crippen LogP) is 2.81. The van der Waals surface area contributed by atoms with Crippen LogP contribution in [0.2, 0.25) is 0 Å². The van der Waals surface area contributed by atoms with Crippen LogP contribution in [0, 0.1) is 0 Å². The summed E-state index contributed by atoms with van der Waals surface area (Å²) in [4.78, 5) is 28.1. The second kappa shape index (κ2) is 7.55. The van der Waals surface area contributed by atoms with Gasteiger partial charge in [0.15, 0.2) is 5.78 Å². The molecule has 5 heteroatoms. The molecule has 2 aromatic rings. The van der Waals surface area contributed by atoms with Crippen LogP contribution in [-0.2, 0) is 11.3 Å². The summed E-state index contributed by atoms with van der Waals surface area (Å²) in [6.45, 7) is 0.500. The van der Waals surface area contributed by atoms with E-state index >= 15 is 0 Å². The number of hydrogen-bond donors (Lipinski definition) is 1. The number of nitrogens with one attached hydrogen (secondary N) is 1. The summed E-state index contributed by atoms with van der Waals surface area (Å²) in [6.07, 6.45) is 4.77. The zero-order chi connectivity index (χ0) is 14.2. The van der Waals surface area contributed by atoms with Crippen molar-refractivity contribution in [2.24, 2.45) is 0 Å². The normalized spacial score (nSPS) is 10.2. The van der Waals surface area contributed by atoms with Gasteiger partial charge in [0.2, 0.25) is 5.91 Å². The number of carbonyl (C=O) groups excluding carboxylic acids is 2. The van der Waals surface area contributed by atoms with Gasteiger partial charge in [-0.1, -0.05) is 6.07 Å². The lowest BCUT2D eigenvalue weighted by molar-refractivity contribution is -0.121. The smallest absolute Gasteiger partial charge is 0.220 e. The third-order valence-corrected chi connectivity index (χ3v) is 3.75. The highest BCUT2D eigenvalue weighted by atomic mass is 32.1. The number of carbonyl (C=O) groups is 2. The van der Waals surface area contributed by atoms with Crippen molar-refractivity contribution in [2.45, 2.75) is 25.8 Å².